The Morgan fingerprint density at radius 3 is 2.16 bits per heavy atom. The van der Waals surface area contributed by atoms with Crippen molar-refractivity contribution in [1.29, 1.82) is 0 Å². The van der Waals surface area contributed by atoms with Crippen LogP contribution in [0.3, 0.4) is 0 Å². The topological polar surface area (TPSA) is 70.2 Å². The number of nitrogens with zero attached hydrogens (tertiary/aromatic N) is 3. The van der Waals surface area contributed by atoms with Crippen LogP contribution in [0, 0.1) is 0 Å². The summed E-state index contributed by atoms with van der Waals surface area (Å²) in [6.07, 6.45) is 0. The highest BCUT2D eigenvalue weighted by Gasteiger charge is 2.34. The van der Waals surface area contributed by atoms with Gasteiger partial charge >= 0.3 is 0 Å². The molecule has 1 saturated heterocycles. The molecular formula is C23H31N3O4S. The summed E-state index contributed by atoms with van der Waals surface area (Å²) in [6.45, 7) is 6.45. The van der Waals surface area contributed by atoms with Crippen LogP contribution >= 0.6 is 0 Å². The van der Waals surface area contributed by atoms with E-state index in [1.807, 2.05) is 56.1 Å². The lowest BCUT2D eigenvalue weighted by atomic mass is 10.0. The predicted molar refractivity (Wildman–Crippen MR) is 120 cm³/mol. The highest BCUT2D eigenvalue weighted by atomic mass is 32.2. The summed E-state index contributed by atoms with van der Waals surface area (Å²) in [5.41, 5.74) is 0.946. The van der Waals surface area contributed by atoms with Crippen LogP contribution in [0.2, 0.25) is 0 Å². The molecule has 8 heteroatoms. The van der Waals surface area contributed by atoms with Crippen molar-refractivity contribution in [2.24, 2.45) is 0 Å². The third-order valence-electron chi connectivity index (χ3n) is 5.61. The molecule has 2 aromatic carbocycles. The molecule has 1 aliphatic rings. The number of rotatable bonds is 8. The van der Waals surface area contributed by atoms with Crippen molar-refractivity contribution >= 4 is 15.9 Å². The van der Waals surface area contributed by atoms with Gasteiger partial charge in [0.2, 0.25) is 15.9 Å². The minimum atomic E-state index is -3.61. The van der Waals surface area contributed by atoms with Gasteiger partial charge in [-0.05, 0) is 50.3 Å². The molecule has 1 fully saturated rings. The molecule has 0 aromatic heterocycles. The van der Waals surface area contributed by atoms with Gasteiger partial charge in [-0.1, -0.05) is 37.3 Å². The number of benzene rings is 2. The van der Waals surface area contributed by atoms with Crippen molar-refractivity contribution in [3.05, 3.63) is 60.2 Å². The standard InChI is InChI=1S/C23H31N3O4S/c1-4-24(3)22(19-9-7-6-8-10-19)23(27)25-15-17-26(18-16-25)31(28,29)21-13-11-20(12-14-21)30-5-2/h6-14,22H,4-5,15-18H2,1-3H3. The van der Waals surface area contributed by atoms with Gasteiger partial charge in [0.05, 0.1) is 11.5 Å². The fourth-order valence-electron chi connectivity index (χ4n) is 3.75. The van der Waals surface area contributed by atoms with E-state index in [4.69, 9.17) is 4.74 Å². The normalized spacial score (nSPS) is 16.3. The largest absolute Gasteiger partial charge is 0.494 e. The van der Waals surface area contributed by atoms with E-state index in [1.165, 1.54) is 4.31 Å². The minimum absolute atomic E-state index is 0.00802. The van der Waals surface area contributed by atoms with Crippen LogP contribution < -0.4 is 4.74 Å². The van der Waals surface area contributed by atoms with Crippen LogP contribution in [0.1, 0.15) is 25.5 Å². The first-order valence-electron chi connectivity index (χ1n) is 10.7. The SMILES string of the molecule is CCOc1ccc(S(=O)(=O)N2CCN(C(=O)C(c3ccccc3)N(C)CC)CC2)cc1. The van der Waals surface area contributed by atoms with Crippen molar-refractivity contribution < 1.29 is 17.9 Å². The highest BCUT2D eigenvalue weighted by molar-refractivity contribution is 7.89. The Kier molecular flexibility index (Phi) is 7.69. The molecule has 31 heavy (non-hydrogen) atoms. The second-order valence-corrected chi connectivity index (χ2v) is 9.46. The third kappa shape index (κ3) is 5.26. The van der Waals surface area contributed by atoms with E-state index >= 15 is 0 Å². The second-order valence-electron chi connectivity index (χ2n) is 7.52. The van der Waals surface area contributed by atoms with Gasteiger partial charge in [-0.15, -0.1) is 0 Å². The summed E-state index contributed by atoms with van der Waals surface area (Å²) < 4.78 is 32.9. The molecule has 1 heterocycles. The summed E-state index contributed by atoms with van der Waals surface area (Å²) in [7, 11) is -1.67. The molecule has 0 bridgehead atoms. The molecule has 1 unspecified atom stereocenters. The van der Waals surface area contributed by atoms with Crippen LogP contribution in [-0.4, -0.2) is 74.8 Å². The molecule has 0 spiro atoms. The Labute approximate surface area is 185 Å². The van der Waals surface area contributed by atoms with Gasteiger partial charge in [0, 0.05) is 26.2 Å². The van der Waals surface area contributed by atoms with Gasteiger partial charge in [-0.3, -0.25) is 9.69 Å². The molecule has 168 valence electrons. The van der Waals surface area contributed by atoms with Gasteiger partial charge in [-0.2, -0.15) is 4.31 Å². The van der Waals surface area contributed by atoms with Crippen LogP contribution in [0.15, 0.2) is 59.5 Å². The number of hydrogen-bond donors (Lipinski definition) is 0. The van der Waals surface area contributed by atoms with Gasteiger partial charge in [0.1, 0.15) is 11.8 Å². The lowest BCUT2D eigenvalue weighted by Gasteiger charge is -2.37. The summed E-state index contributed by atoms with van der Waals surface area (Å²) in [4.78, 5) is 17.4. The molecular weight excluding hydrogens is 414 g/mol. The fraction of sp³-hybridized carbons (Fsp3) is 0.435. The van der Waals surface area contributed by atoms with Crippen LogP contribution in [0.4, 0.5) is 0 Å². The van der Waals surface area contributed by atoms with E-state index in [9.17, 15) is 13.2 Å². The van der Waals surface area contributed by atoms with E-state index in [1.54, 1.807) is 29.2 Å². The number of hydrogen-bond acceptors (Lipinski definition) is 5. The molecule has 1 atom stereocenters. The van der Waals surface area contributed by atoms with Gasteiger partial charge in [0.15, 0.2) is 0 Å². The Bertz CT molecular complexity index is 956. The van der Waals surface area contributed by atoms with Crippen molar-refractivity contribution in [1.82, 2.24) is 14.1 Å². The quantitative estimate of drug-likeness (QED) is 0.625. The second kappa shape index (κ2) is 10.3. The van der Waals surface area contributed by atoms with Crippen molar-refractivity contribution in [3.8, 4) is 5.75 Å². The van der Waals surface area contributed by atoms with Crippen LogP contribution in [0.5, 0.6) is 5.75 Å². The molecule has 1 aliphatic heterocycles. The van der Waals surface area contributed by atoms with Crippen molar-refractivity contribution in [2.75, 3.05) is 46.4 Å². The first-order valence-corrected chi connectivity index (χ1v) is 12.1. The van der Waals surface area contributed by atoms with E-state index < -0.39 is 10.0 Å². The number of sulfonamides is 1. The Balaban J connectivity index is 1.69. The highest BCUT2D eigenvalue weighted by Crippen LogP contribution is 2.25. The maximum atomic E-state index is 13.3. The summed E-state index contributed by atoms with van der Waals surface area (Å²) in [6, 6.07) is 15.8. The lowest BCUT2D eigenvalue weighted by molar-refractivity contribution is -0.138. The van der Waals surface area contributed by atoms with E-state index in [0.717, 1.165) is 12.1 Å². The van der Waals surface area contributed by atoms with Gasteiger partial charge in [-0.25, -0.2) is 8.42 Å². The maximum Gasteiger partial charge on any atom is 0.244 e. The Morgan fingerprint density at radius 1 is 1.00 bits per heavy atom. The molecule has 0 aliphatic carbocycles. The monoisotopic (exact) mass is 445 g/mol. The number of amides is 1. The summed E-state index contributed by atoms with van der Waals surface area (Å²) in [5.74, 6) is 0.650. The molecule has 1 amide bonds. The maximum absolute atomic E-state index is 13.3. The lowest BCUT2D eigenvalue weighted by Crippen LogP contribution is -2.53. The summed E-state index contributed by atoms with van der Waals surface area (Å²) in [5, 5.41) is 0. The first kappa shape index (κ1) is 23.2. The Hall–Kier alpha value is -2.42. The van der Waals surface area contributed by atoms with Crippen LogP contribution in [-0.2, 0) is 14.8 Å². The molecule has 0 saturated carbocycles. The zero-order chi connectivity index (χ0) is 22.4. The van der Waals surface area contributed by atoms with Gasteiger partial charge < -0.3 is 9.64 Å². The van der Waals surface area contributed by atoms with E-state index in [-0.39, 0.29) is 29.9 Å². The van der Waals surface area contributed by atoms with Gasteiger partial charge in [0.25, 0.3) is 0 Å². The number of piperazine rings is 1. The average Bonchev–Trinajstić information content (AvgIpc) is 2.80. The smallest absolute Gasteiger partial charge is 0.244 e. The molecule has 2 aromatic rings. The average molecular weight is 446 g/mol. The molecule has 3 rings (SSSR count). The fourth-order valence-corrected chi connectivity index (χ4v) is 5.17. The number of carbonyl (C=O) groups is 1. The first-order chi connectivity index (χ1) is 14.9. The third-order valence-corrected chi connectivity index (χ3v) is 7.52. The number of likely N-dealkylation sites (N-methyl/N-ethyl adjacent to an activating group) is 1. The number of carbonyl (C=O) groups excluding carboxylic acids is 1. The zero-order valence-electron chi connectivity index (χ0n) is 18.4. The number of ether oxygens (including phenoxy) is 1. The van der Waals surface area contributed by atoms with Crippen LogP contribution in [0.25, 0.3) is 0 Å². The molecule has 0 N–H and O–H groups in total. The minimum Gasteiger partial charge on any atom is -0.494 e. The van der Waals surface area contributed by atoms with Crippen molar-refractivity contribution in [3.63, 3.8) is 0 Å². The Morgan fingerprint density at radius 2 is 1.61 bits per heavy atom. The predicted octanol–water partition coefficient (Wildman–Crippen LogP) is 2.61. The van der Waals surface area contributed by atoms with E-state index in [0.29, 0.717) is 25.4 Å². The molecule has 0 radical (unpaired) electrons. The van der Waals surface area contributed by atoms with Crippen molar-refractivity contribution in [2.45, 2.75) is 24.8 Å². The molecule has 7 nitrogen and oxygen atoms in total. The zero-order valence-corrected chi connectivity index (χ0v) is 19.2. The summed E-state index contributed by atoms with van der Waals surface area (Å²) >= 11 is 0. The van der Waals surface area contributed by atoms with E-state index in [2.05, 4.69) is 0 Å².